The minimum atomic E-state index is -1.40. The van der Waals surface area contributed by atoms with Crippen LogP contribution in [0.1, 0.15) is 25.0 Å². The summed E-state index contributed by atoms with van der Waals surface area (Å²) in [7, 11) is 3.10. The average molecular weight is 528 g/mol. The van der Waals surface area contributed by atoms with Gasteiger partial charge >= 0.3 is 0 Å². The van der Waals surface area contributed by atoms with E-state index in [4.69, 9.17) is 23.7 Å². The Hall–Kier alpha value is -3.46. The summed E-state index contributed by atoms with van der Waals surface area (Å²) in [4.78, 5) is 25.7. The van der Waals surface area contributed by atoms with Crippen LogP contribution in [0.15, 0.2) is 42.4 Å². The highest BCUT2D eigenvalue weighted by Gasteiger charge is 2.36. The largest absolute Gasteiger partial charge is 0.496 e. The molecule has 200 valence electrons. The van der Waals surface area contributed by atoms with Crippen LogP contribution in [0.5, 0.6) is 23.0 Å². The second kappa shape index (κ2) is 10.9. The summed E-state index contributed by atoms with van der Waals surface area (Å²) < 4.78 is 27.6. The highest BCUT2D eigenvalue weighted by molar-refractivity contribution is 6.76. The lowest BCUT2D eigenvalue weighted by Crippen LogP contribution is -2.33. The molecule has 1 aliphatic rings. The van der Waals surface area contributed by atoms with Gasteiger partial charge < -0.3 is 29.0 Å². The van der Waals surface area contributed by atoms with Gasteiger partial charge in [-0.1, -0.05) is 45.6 Å². The van der Waals surface area contributed by atoms with Gasteiger partial charge in [0.1, 0.15) is 28.7 Å². The van der Waals surface area contributed by atoms with E-state index in [0.717, 1.165) is 17.2 Å². The molecule has 1 unspecified atom stereocenters. The van der Waals surface area contributed by atoms with Crippen LogP contribution in [-0.4, -0.2) is 47.2 Å². The molecule has 0 aromatic heterocycles. The molecular weight excluding hydrogens is 490 g/mol. The molecule has 0 bridgehead atoms. The van der Waals surface area contributed by atoms with Crippen LogP contribution < -0.4 is 24.3 Å². The van der Waals surface area contributed by atoms with Crippen LogP contribution in [0.25, 0.3) is 0 Å². The smallest absolute Gasteiger partial charge is 0.289 e. The van der Waals surface area contributed by atoms with Gasteiger partial charge in [0, 0.05) is 20.2 Å². The summed E-state index contributed by atoms with van der Waals surface area (Å²) in [5.74, 6) is 0.473. The summed E-state index contributed by atoms with van der Waals surface area (Å²) in [6, 6.07) is 10.4. The third-order valence-electron chi connectivity index (χ3n) is 6.11. The topological polar surface area (TPSA) is 92.3 Å². The van der Waals surface area contributed by atoms with Crippen LogP contribution in [0.3, 0.4) is 0 Å². The quantitative estimate of drug-likeness (QED) is 0.324. The van der Waals surface area contributed by atoms with Gasteiger partial charge in [-0.05, 0) is 35.6 Å². The van der Waals surface area contributed by atoms with E-state index in [1.165, 1.54) is 27.4 Å². The fraction of sp³-hybridized carbons (Fsp3) is 0.429. The molecule has 0 radical (unpaired) electrons. The molecule has 37 heavy (non-hydrogen) atoms. The summed E-state index contributed by atoms with van der Waals surface area (Å²) >= 11 is 0. The number of methoxy groups -OCH3 is 3. The molecule has 2 aromatic rings. The van der Waals surface area contributed by atoms with Crippen LogP contribution >= 0.6 is 0 Å². The number of hydrogen-bond donors (Lipinski definition) is 1. The van der Waals surface area contributed by atoms with E-state index in [2.05, 4.69) is 44.9 Å². The molecule has 1 aliphatic heterocycles. The van der Waals surface area contributed by atoms with E-state index >= 15 is 0 Å². The molecule has 1 heterocycles. The summed E-state index contributed by atoms with van der Waals surface area (Å²) in [6.07, 6.45) is -0.204. The highest BCUT2D eigenvalue weighted by atomic mass is 28.3. The molecular formula is C28H37NO7Si. The lowest BCUT2D eigenvalue weighted by Gasteiger charge is -2.32. The standard InChI is InChI=1S/C28H37NO7Si/c1-17-10-11-18(28(2,3)16-37(7,8)9)12-21(17)35-24-15-20(30)26(36-24)27(31)29-25-22(33-5)13-19(32-4)14-23(25)34-6/h10-15,26H,16H2,1-9H3,(H,29,31). The zero-order valence-corrected chi connectivity index (χ0v) is 24.1. The molecule has 8 nitrogen and oxygen atoms in total. The second-order valence-corrected chi connectivity index (χ2v) is 16.4. The fourth-order valence-corrected chi connectivity index (χ4v) is 7.48. The Kier molecular flexibility index (Phi) is 8.27. The maximum absolute atomic E-state index is 13.0. The van der Waals surface area contributed by atoms with E-state index in [0.29, 0.717) is 23.0 Å². The van der Waals surface area contributed by atoms with Gasteiger partial charge in [0.2, 0.25) is 11.9 Å². The van der Waals surface area contributed by atoms with E-state index in [9.17, 15) is 9.59 Å². The number of amides is 1. The van der Waals surface area contributed by atoms with E-state index in [-0.39, 0.29) is 17.0 Å². The van der Waals surface area contributed by atoms with Crippen LogP contribution in [0.2, 0.25) is 25.7 Å². The molecule has 1 N–H and O–H groups in total. The van der Waals surface area contributed by atoms with Crippen LogP contribution in [-0.2, 0) is 19.7 Å². The SMILES string of the molecule is COc1cc(OC)c(NC(=O)C2OC(Oc3cc(C(C)(C)C[Si](C)(C)C)ccc3C)=CC2=O)c(OC)c1. The number of hydrogen-bond acceptors (Lipinski definition) is 7. The Morgan fingerprint density at radius 3 is 2.16 bits per heavy atom. The normalized spacial score (nSPS) is 15.5. The Morgan fingerprint density at radius 1 is 1.00 bits per heavy atom. The van der Waals surface area contributed by atoms with Crippen molar-refractivity contribution in [3.8, 4) is 23.0 Å². The van der Waals surface area contributed by atoms with Crippen LogP contribution in [0, 0.1) is 6.92 Å². The van der Waals surface area contributed by atoms with E-state index < -0.39 is 25.9 Å². The van der Waals surface area contributed by atoms with Crippen molar-refractivity contribution in [2.24, 2.45) is 0 Å². The minimum absolute atomic E-state index is 0.0259. The second-order valence-electron chi connectivity index (χ2n) is 11.0. The number of aryl methyl sites for hydroxylation is 1. The predicted octanol–water partition coefficient (Wildman–Crippen LogP) is 5.46. The highest BCUT2D eigenvalue weighted by Crippen LogP contribution is 2.40. The fourth-order valence-electron chi connectivity index (χ4n) is 4.62. The third kappa shape index (κ3) is 6.65. The van der Waals surface area contributed by atoms with Gasteiger partial charge in [0.15, 0.2) is 0 Å². The molecule has 1 amide bonds. The average Bonchev–Trinajstić information content (AvgIpc) is 3.18. The van der Waals surface area contributed by atoms with Crippen molar-refractivity contribution in [3.05, 3.63) is 53.5 Å². The number of anilines is 1. The van der Waals surface area contributed by atoms with Crippen molar-refractivity contribution in [1.82, 2.24) is 0 Å². The Bertz CT molecular complexity index is 1190. The molecule has 2 aromatic carbocycles. The first-order valence-electron chi connectivity index (χ1n) is 12.1. The van der Waals surface area contributed by atoms with Crippen molar-refractivity contribution < 1.29 is 33.3 Å². The number of carbonyl (C=O) groups is 2. The third-order valence-corrected chi connectivity index (χ3v) is 8.05. The first-order chi connectivity index (χ1) is 17.3. The number of rotatable bonds is 10. The van der Waals surface area contributed by atoms with Gasteiger partial charge in [-0.15, -0.1) is 0 Å². The first-order valence-corrected chi connectivity index (χ1v) is 15.8. The zero-order chi connectivity index (χ0) is 27.5. The number of ether oxygens (including phenoxy) is 5. The first kappa shape index (κ1) is 28.1. The summed E-state index contributed by atoms with van der Waals surface area (Å²) in [6.45, 7) is 13.4. The molecule has 9 heteroatoms. The maximum Gasteiger partial charge on any atom is 0.289 e. The Morgan fingerprint density at radius 2 is 1.62 bits per heavy atom. The molecule has 0 aliphatic carbocycles. The van der Waals surface area contributed by atoms with Gasteiger partial charge in [-0.25, -0.2) is 0 Å². The van der Waals surface area contributed by atoms with Gasteiger partial charge in [-0.3, -0.25) is 9.59 Å². The summed E-state index contributed by atoms with van der Waals surface area (Å²) in [5.41, 5.74) is 2.27. The molecule has 0 saturated heterocycles. The number of nitrogens with one attached hydrogen (secondary N) is 1. The lowest BCUT2D eigenvalue weighted by molar-refractivity contribution is -0.134. The number of carbonyl (C=O) groups excluding carboxylic acids is 2. The molecule has 0 saturated carbocycles. The van der Waals surface area contributed by atoms with Gasteiger partial charge in [0.25, 0.3) is 11.9 Å². The van der Waals surface area contributed by atoms with Crippen molar-refractivity contribution in [1.29, 1.82) is 0 Å². The van der Waals surface area contributed by atoms with Crippen molar-refractivity contribution in [2.75, 3.05) is 26.6 Å². The van der Waals surface area contributed by atoms with E-state index in [1.54, 1.807) is 12.1 Å². The predicted molar refractivity (Wildman–Crippen MR) is 146 cm³/mol. The molecule has 0 fully saturated rings. The molecule has 1 atom stereocenters. The lowest BCUT2D eigenvalue weighted by atomic mass is 9.86. The van der Waals surface area contributed by atoms with E-state index in [1.807, 2.05) is 19.1 Å². The Labute approximate surface area is 219 Å². The van der Waals surface area contributed by atoms with Gasteiger partial charge in [0.05, 0.1) is 27.4 Å². The van der Waals surface area contributed by atoms with Crippen molar-refractivity contribution in [3.63, 3.8) is 0 Å². The number of ketones is 1. The summed E-state index contributed by atoms with van der Waals surface area (Å²) in [5, 5.41) is 2.68. The Balaban J connectivity index is 1.77. The van der Waals surface area contributed by atoms with Crippen molar-refractivity contribution in [2.45, 2.75) is 58.0 Å². The monoisotopic (exact) mass is 527 g/mol. The van der Waals surface area contributed by atoms with Gasteiger partial charge in [-0.2, -0.15) is 0 Å². The molecule has 3 rings (SSSR count). The number of benzene rings is 2. The molecule has 0 spiro atoms. The van der Waals surface area contributed by atoms with Crippen LogP contribution in [0.4, 0.5) is 5.69 Å². The minimum Gasteiger partial charge on any atom is -0.496 e. The van der Waals surface area contributed by atoms with Crippen molar-refractivity contribution >= 4 is 25.5 Å². The zero-order valence-electron chi connectivity index (χ0n) is 23.1. The maximum atomic E-state index is 13.0.